The van der Waals surface area contributed by atoms with Crippen LogP contribution in [0.15, 0.2) is 29.5 Å². The quantitative estimate of drug-likeness (QED) is 0.360. The number of ether oxygens (including phenoxy) is 1. The van der Waals surface area contributed by atoms with Crippen molar-refractivity contribution in [3.05, 3.63) is 57.5 Å². The van der Waals surface area contributed by atoms with E-state index in [4.69, 9.17) is 4.74 Å². The Morgan fingerprint density at radius 2 is 1.97 bits per heavy atom. The standard InChI is InChI=1S/C20H23F3N8O2/c1-11(28-16-8-27-31-18(32)17(16)12-2-3-12)9-33-10-15-4-14(29-30-15)7-26-19-24-5-13(6-25-19)20(21,22)23/h4-6,8,11-12H,2-3,7,9-10H2,1H3,(H,29,30)(H,24,25,26)(H2,28,31,32)/t11-/m0/s1. The summed E-state index contributed by atoms with van der Waals surface area (Å²) in [6, 6.07) is 1.73. The molecule has 1 atom stereocenters. The Morgan fingerprint density at radius 1 is 1.21 bits per heavy atom. The van der Waals surface area contributed by atoms with Crippen LogP contribution in [0.4, 0.5) is 24.8 Å². The lowest BCUT2D eigenvalue weighted by atomic mass is 10.1. The molecule has 3 heterocycles. The van der Waals surface area contributed by atoms with Crippen molar-refractivity contribution >= 4 is 11.6 Å². The van der Waals surface area contributed by atoms with Crippen molar-refractivity contribution in [3.63, 3.8) is 0 Å². The molecule has 1 aliphatic rings. The molecule has 0 amide bonds. The molecule has 1 aliphatic carbocycles. The van der Waals surface area contributed by atoms with Gasteiger partial charge in [-0.3, -0.25) is 9.89 Å². The Hall–Kier alpha value is -3.48. The molecule has 0 bridgehead atoms. The molecule has 0 unspecified atom stereocenters. The van der Waals surface area contributed by atoms with Crippen LogP contribution in [0, 0.1) is 0 Å². The molecule has 0 aliphatic heterocycles. The van der Waals surface area contributed by atoms with Crippen molar-refractivity contribution in [3.8, 4) is 0 Å². The smallest absolute Gasteiger partial charge is 0.379 e. The molecule has 33 heavy (non-hydrogen) atoms. The van der Waals surface area contributed by atoms with E-state index < -0.39 is 11.7 Å². The van der Waals surface area contributed by atoms with Gasteiger partial charge in [0.2, 0.25) is 5.95 Å². The summed E-state index contributed by atoms with van der Waals surface area (Å²) in [5, 5.41) is 19.5. The number of aromatic amines is 2. The first kappa shape index (κ1) is 22.7. The lowest BCUT2D eigenvalue weighted by Crippen LogP contribution is -2.25. The summed E-state index contributed by atoms with van der Waals surface area (Å²) in [7, 11) is 0. The molecule has 0 saturated heterocycles. The number of alkyl halides is 3. The van der Waals surface area contributed by atoms with Crippen molar-refractivity contribution in [1.29, 1.82) is 0 Å². The van der Waals surface area contributed by atoms with Crippen molar-refractivity contribution in [1.82, 2.24) is 30.4 Å². The summed E-state index contributed by atoms with van der Waals surface area (Å²) >= 11 is 0. The Kier molecular flexibility index (Phi) is 6.58. The summed E-state index contributed by atoms with van der Waals surface area (Å²) in [4.78, 5) is 19.4. The number of nitrogens with zero attached hydrogens (tertiary/aromatic N) is 4. The van der Waals surface area contributed by atoms with E-state index in [1.165, 1.54) is 0 Å². The molecule has 1 fully saturated rings. The number of rotatable bonds is 10. The Balaban J connectivity index is 1.22. The second kappa shape index (κ2) is 9.57. The minimum absolute atomic E-state index is 0.0528. The zero-order valence-corrected chi connectivity index (χ0v) is 17.7. The molecule has 3 aromatic heterocycles. The molecule has 0 radical (unpaired) electrons. The molecular weight excluding hydrogens is 441 g/mol. The highest BCUT2D eigenvalue weighted by molar-refractivity contribution is 5.51. The number of aromatic nitrogens is 6. The minimum Gasteiger partial charge on any atom is -0.379 e. The summed E-state index contributed by atoms with van der Waals surface area (Å²) in [6.07, 6.45) is 0.623. The second-order valence-corrected chi connectivity index (χ2v) is 7.89. The largest absolute Gasteiger partial charge is 0.419 e. The Labute approximate surface area is 186 Å². The van der Waals surface area contributed by atoms with Gasteiger partial charge >= 0.3 is 6.18 Å². The van der Waals surface area contributed by atoms with E-state index in [9.17, 15) is 18.0 Å². The summed E-state index contributed by atoms with van der Waals surface area (Å²) < 4.78 is 43.4. The van der Waals surface area contributed by atoms with Gasteiger partial charge in [0.05, 0.1) is 48.6 Å². The van der Waals surface area contributed by atoms with E-state index in [0.29, 0.717) is 18.0 Å². The first-order valence-corrected chi connectivity index (χ1v) is 10.4. The number of hydrogen-bond acceptors (Lipinski definition) is 8. The zero-order chi connectivity index (χ0) is 23.4. The van der Waals surface area contributed by atoms with Crippen LogP contribution in [0.2, 0.25) is 0 Å². The van der Waals surface area contributed by atoms with Crippen LogP contribution < -0.4 is 16.2 Å². The van der Waals surface area contributed by atoms with Gasteiger partial charge in [-0.1, -0.05) is 0 Å². The van der Waals surface area contributed by atoms with Crippen LogP contribution in [0.1, 0.15) is 48.2 Å². The average molecular weight is 464 g/mol. The second-order valence-electron chi connectivity index (χ2n) is 7.89. The molecule has 4 N–H and O–H groups in total. The van der Waals surface area contributed by atoms with Gasteiger partial charge in [0.25, 0.3) is 5.56 Å². The van der Waals surface area contributed by atoms with Gasteiger partial charge in [-0.15, -0.1) is 0 Å². The number of hydrogen-bond donors (Lipinski definition) is 4. The average Bonchev–Trinajstić information content (AvgIpc) is 3.50. The van der Waals surface area contributed by atoms with E-state index in [2.05, 4.69) is 41.0 Å². The zero-order valence-electron chi connectivity index (χ0n) is 17.7. The maximum atomic E-state index is 12.6. The fraction of sp³-hybridized carbons (Fsp3) is 0.450. The number of halogens is 3. The van der Waals surface area contributed by atoms with Crippen molar-refractivity contribution in [2.45, 2.75) is 51.1 Å². The highest BCUT2D eigenvalue weighted by Crippen LogP contribution is 2.41. The minimum atomic E-state index is -4.47. The van der Waals surface area contributed by atoms with Crippen LogP contribution >= 0.6 is 0 Å². The van der Waals surface area contributed by atoms with Gasteiger partial charge in [-0.2, -0.15) is 23.4 Å². The third-order valence-corrected chi connectivity index (χ3v) is 5.00. The van der Waals surface area contributed by atoms with E-state index in [1.807, 2.05) is 6.92 Å². The molecule has 4 rings (SSSR count). The lowest BCUT2D eigenvalue weighted by Gasteiger charge is -2.17. The summed E-state index contributed by atoms with van der Waals surface area (Å²) in [5.41, 5.74) is 1.79. The van der Waals surface area contributed by atoms with Gasteiger partial charge < -0.3 is 15.4 Å². The normalized spacial score (nSPS) is 14.8. The van der Waals surface area contributed by atoms with E-state index >= 15 is 0 Å². The predicted octanol–water partition coefficient (Wildman–Crippen LogP) is 2.81. The Morgan fingerprint density at radius 3 is 2.67 bits per heavy atom. The summed E-state index contributed by atoms with van der Waals surface area (Å²) in [6.45, 7) is 2.86. The van der Waals surface area contributed by atoms with Crippen LogP contribution in [-0.2, 0) is 24.1 Å². The third-order valence-electron chi connectivity index (χ3n) is 5.00. The molecule has 0 spiro atoms. The highest BCUT2D eigenvalue weighted by atomic mass is 19.4. The first-order valence-electron chi connectivity index (χ1n) is 10.4. The third kappa shape index (κ3) is 6.06. The van der Waals surface area contributed by atoms with Crippen LogP contribution in [0.5, 0.6) is 0 Å². The molecular formula is C20H23F3N8O2. The van der Waals surface area contributed by atoms with Crippen LogP contribution in [-0.4, -0.2) is 43.0 Å². The van der Waals surface area contributed by atoms with E-state index in [-0.39, 0.29) is 36.6 Å². The van der Waals surface area contributed by atoms with Gasteiger partial charge in [-0.25, -0.2) is 15.1 Å². The molecule has 10 nitrogen and oxygen atoms in total. The van der Waals surface area contributed by atoms with Crippen molar-refractivity contribution in [2.24, 2.45) is 0 Å². The molecule has 1 saturated carbocycles. The van der Waals surface area contributed by atoms with E-state index in [1.54, 1.807) is 12.3 Å². The Bertz CT molecular complexity index is 1130. The van der Waals surface area contributed by atoms with E-state index in [0.717, 1.165) is 36.5 Å². The fourth-order valence-corrected chi connectivity index (χ4v) is 3.26. The molecule has 13 heteroatoms. The van der Waals surface area contributed by atoms with Gasteiger partial charge in [0.15, 0.2) is 0 Å². The number of H-pyrrole nitrogens is 2. The lowest BCUT2D eigenvalue weighted by molar-refractivity contribution is -0.138. The maximum absolute atomic E-state index is 12.6. The number of nitrogens with one attached hydrogen (secondary N) is 4. The summed E-state index contributed by atoms with van der Waals surface area (Å²) in [5.74, 6) is 0.367. The van der Waals surface area contributed by atoms with Crippen molar-refractivity contribution in [2.75, 3.05) is 17.2 Å². The monoisotopic (exact) mass is 464 g/mol. The van der Waals surface area contributed by atoms with Gasteiger partial charge in [0.1, 0.15) is 0 Å². The van der Waals surface area contributed by atoms with Gasteiger partial charge in [-0.05, 0) is 31.7 Å². The number of anilines is 2. The van der Waals surface area contributed by atoms with Gasteiger partial charge in [0, 0.05) is 24.0 Å². The van der Waals surface area contributed by atoms with Crippen molar-refractivity contribution < 1.29 is 17.9 Å². The molecule has 176 valence electrons. The highest BCUT2D eigenvalue weighted by Gasteiger charge is 2.31. The van der Waals surface area contributed by atoms with Crippen LogP contribution in [0.25, 0.3) is 0 Å². The SMILES string of the molecule is C[C@@H](COCc1cc(CNc2ncc(C(F)(F)F)cn2)[nH]n1)Nc1cn[nH]c(=O)c1C1CC1. The topological polar surface area (TPSA) is 134 Å². The first-order chi connectivity index (χ1) is 15.8. The fourth-order valence-electron chi connectivity index (χ4n) is 3.26. The van der Waals surface area contributed by atoms with Crippen LogP contribution in [0.3, 0.4) is 0 Å². The molecule has 3 aromatic rings. The predicted molar refractivity (Wildman–Crippen MR) is 113 cm³/mol. The maximum Gasteiger partial charge on any atom is 0.419 e. The molecule has 0 aromatic carbocycles.